The van der Waals surface area contributed by atoms with Crippen LogP contribution in [0.3, 0.4) is 0 Å². The number of nitrogens with two attached hydrogens (primary N) is 1. The Kier molecular flexibility index (Phi) is 4.76. The monoisotopic (exact) mass is 215 g/mol. The first-order valence-electron chi connectivity index (χ1n) is 4.46. The molecule has 3 N–H and O–H groups in total. The van der Waals surface area contributed by atoms with E-state index in [9.17, 15) is 4.39 Å². The summed E-state index contributed by atoms with van der Waals surface area (Å²) in [5.74, 6) is 1.37. The lowest BCUT2D eigenvalue weighted by atomic mass is 10.2. The Balaban J connectivity index is 2.42. The fourth-order valence-corrected chi connectivity index (χ4v) is 2.01. The number of anilines is 1. The van der Waals surface area contributed by atoms with Crippen LogP contribution in [0.2, 0.25) is 0 Å². The van der Waals surface area contributed by atoms with E-state index in [4.69, 9.17) is 10.8 Å². The third-order valence-corrected chi connectivity index (χ3v) is 2.90. The molecule has 0 bridgehead atoms. The fourth-order valence-electron chi connectivity index (χ4n) is 1.05. The van der Waals surface area contributed by atoms with Crippen molar-refractivity contribution in [3.63, 3.8) is 0 Å². The van der Waals surface area contributed by atoms with E-state index in [1.54, 1.807) is 17.8 Å². The predicted molar refractivity (Wildman–Crippen MR) is 58.7 cm³/mol. The summed E-state index contributed by atoms with van der Waals surface area (Å²) in [6.07, 6.45) is 0.783. The minimum Gasteiger partial charge on any atom is -0.398 e. The third kappa shape index (κ3) is 3.55. The van der Waals surface area contributed by atoms with Crippen LogP contribution >= 0.6 is 11.8 Å². The molecule has 0 radical (unpaired) electrons. The highest BCUT2D eigenvalue weighted by Crippen LogP contribution is 2.19. The van der Waals surface area contributed by atoms with E-state index in [-0.39, 0.29) is 12.4 Å². The van der Waals surface area contributed by atoms with Crippen LogP contribution in [0.4, 0.5) is 10.1 Å². The predicted octanol–water partition coefficient (Wildman–Crippen LogP) is 2.02. The van der Waals surface area contributed by atoms with Crippen LogP contribution in [0.15, 0.2) is 18.2 Å². The quantitative estimate of drug-likeness (QED) is 0.583. The summed E-state index contributed by atoms with van der Waals surface area (Å²) in [6, 6.07) is 4.46. The molecule has 1 aromatic carbocycles. The molecule has 4 heteroatoms. The van der Waals surface area contributed by atoms with Crippen LogP contribution in [0.5, 0.6) is 0 Å². The largest absolute Gasteiger partial charge is 0.398 e. The maximum absolute atomic E-state index is 12.7. The molecule has 0 aliphatic carbocycles. The van der Waals surface area contributed by atoms with Crippen LogP contribution in [0.1, 0.15) is 12.0 Å². The number of thioether (sulfide) groups is 1. The van der Waals surface area contributed by atoms with Crippen molar-refractivity contribution >= 4 is 17.4 Å². The third-order valence-electron chi connectivity index (χ3n) is 1.81. The van der Waals surface area contributed by atoms with Gasteiger partial charge in [0.1, 0.15) is 5.82 Å². The minimum atomic E-state index is -0.299. The molecule has 14 heavy (non-hydrogen) atoms. The molecular weight excluding hydrogens is 201 g/mol. The number of hydrogen-bond acceptors (Lipinski definition) is 3. The summed E-state index contributed by atoms with van der Waals surface area (Å²) in [5, 5.41) is 8.57. The molecule has 78 valence electrons. The van der Waals surface area contributed by atoms with Gasteiger partial charge in [0, 0.05) is 18.0 Å². The second-order valence-electron chi connectivity index (χ2n) is 2.97. The standard InChI is InChI=1S/C10H14FNOS/c11-9-3-2-8(10(12)6-9)7-14-5-1-4-13/h2-3,6,13H,1,4-5,7,12H2. The summed E-state index contributed by atoms with van der Waals surface area (Å²) in [5.41, 5.74) is 7.09. The van der Waals surface area contributed by atoms with Gasteiger partial charge in [-0.1, -0.05) is 6.07 Å². The fraction of sp³-hybridized carbons (Fsp3) is 0.400. The maximum Gasteiger partial charge on any atom is 0.125 e. The number of aliphatic hydroxyl groups is 1. The van der Waals surface area contributed by atoms with E-state index >= 15 is 0 Å². The molecule has 0 spiro atoms. The Morgan fingerprint density at radius 3 is 2.86 bits per heavy atom. The molecule has 0 unspecified atom stereocenters. The highest BCUT2D eigenvalue weighted by atomic mass is 32.2. The van der Waals surface area contributed by atoms with Gasteiger partial charge in [0.25, 0.3) is 0 Å². The number of aliphatic hydroxyl groups excluding tert-OH is 1. The van der Waals surface area contributed by atoms with Crippen molar-refractivity contribution < 1.29 is 9.50 Å². The van der Waals surface area contributed by atoms with Crippen molar-refractivity contribution in [1.82, 2.24) is 0 Å². The number of hydrogen-bond donors (Lipinski definition) is 2. The van der Waals surface area contributed by atoms with E-state index in [2.05, 4.69) is 0 Å². The lowest BCUT2D eigenvalue weighted by Gasteiger charge is -2.04. The molecule has 0 heterocycles. The lowest BCUT2D eigenvalue weighted by molar-refractivity contribution is 0.296. The van der Waals surface area contributed by atoms with Crippen LogP contribution < -0.4 is 5.73 Å². The van der Waals surface area contributed by atoms with Crippen LogP contribution in [-0.4, -0.2) is 17.5 Å². The average Bonchev–Trinajstić information content (AvgIpc) is 2.15. The van der Waals surface area contributed by atoms with Gasteiger partial charge in [-0.25, -0.2) is 4.39 Å². The number of rotatable bonds is 5. The lowest BCUT2D eigenvalue weighted by Crippen LogP contribution is -1.94. The van der Waals surface area contributed by atoms with Gasteiger partial charge in [-0.15, -0.1) is 0 Å². The zero-order valence-corrected chi connectivity index (χ0v) is 8.69. The van der Waals surface area contributed by atoms with Gasteiger partial charge in [0.15, 0.2) is 0 Å². The molecule has 0 saturated carbocycles. The zero-order valence-electron chi connectivity index (χ0n) is 7.87. The molecule has 0 aromatic heterocycles. The highest BCUT2D eigenvalue weighted by Gasteiger charge is 2.00. The summed E-state index contributed by atoms with van der Waals surface area (Å²) >= 11 is 1.69. The van der Waals surface area contributed by atoms with Crippen molar-refractivity contribution in [2.45, 2.75) is 12.2 Å². The molecule has 0 saturated heterocycles. The number of halogens is 1. The summed E-state index contributed by atoms with van der Waals surface area (Å²) in [4.78, 5) is 0. The Labute approximate surface area is 87.3 Å². The van der Waals surface area contributed by atoms with Gasteiger partial charge in [-0.05, 0) is 29.9 Å². The van der Waals surface area contributed by atoms with E-state index in [0.29, 0.717) is 5.69 Å². The Morgan fingerprint density at radius 2 is 2.21 bits per heavy atom. The number of nitrogen functional groups attached to an aromatic ring is 1. The maximum atomic E-state index is 12.7. The SMILES string of the molecule is Nc1cc(F)ccc1CSCCCO. The molecule has 0 atom stereocenters. The molecule has 1 rings (SSSR count). The van der Waals surface area contributed by atoms with Crippen molar-refractivity contribution in [2.24, 2.45) is 0 Å². The molecule has 0 aliphatic heterocycles. The smallest absolute Gasteiger partial charge is 0.125 e. The van der Waals surface area contributed by atoms with Crippen molar-refractivity contribution in [1.29, 1.82) is 0 Å². The van der Waals surface area contributed by atoms with E-state index in [1.807, 2.05) is 0 Å². The molecular formula is C10H14FNOS. The van der Waals surface area contributed by atoms with Crippen molar-refractivity contribution in [2.75, 3.05) is 18.1 Å². The van der Waals surface area contributed by atoms with Crippen LogP contribution in [0.25, 0.3) is 0 Å². The van der Waals surface area contributed by atoms with Gasteiger partial charge in [0.05, 0.1) is 0 Å². The van der Waals surface area contributed by atoms with Gasteiger partial charge in [0.2, 0.25) is 0 Å². The molecule has 2 nitrogen and oxygen atoms in total. The van der Waals surface area contributed by atoms with Crippen molar-refractivity contribution in [3.05, 3.63) is 29.6 Å². The Morgan fingerprint density at radius 1 is 1.43 bits per heavy atom. The van der Waals surface area contributed by atoms with Gasteiger partial charge < -0.3 is 10.8 Å². The molecule has 0 fully saturated rings. The minimum absolute atomic E-state index is 0.214. The molecule has 1 aromatic rings. The first-order valence-corrected chi connectivity index (χ1v) is 5.62. The van der Waals surface area contributed by atoms with Crippen LogP contribution in [0, 0.1) is 5.82 Å². The highest BCUT2D eigenvalue weighted by molar-refractivity contribution is 7.98. The first-order chi connectivity index (χ1) is 6.74. The van der Waals surface area contributed by atoms with Gasteiger partial charge in [-0.3, -0.25) is 0 Å². The number of benzene rings is 1. The second-order valence-corrected chi connectivity index (χ2v) is 4.08. The van der Waals surface area contributed by atoms with E-state index < -0.39 is 0 Å². The van der Waals surface area contributed by atoms with E-state index in [0.717, 1.165) is 23.5 Å². The Hall–Kier alpha value is -0.740. The topological polar surface area (TPSA) is 46.2 Å². The van der Waals surface area contributed by atoms with Crippen molar-refractivity contribution in [3.8, 4) is 0 Å². The van der Waals surface area contributed by atoms with Gasteiger partial charge in [-0.2, -0.15) is 11.8 Å². The summed E-state index contributed by atoms with van der Waals surface area (Å²) in [7, 11) is 0. The molecule has 0 aliphatic rings. The normalized spacial score (nSPS) is 10.4. The first kappa shape index (κ1) is 11.3. The second kappa shape index (κ2) is 5.88. The molecule has 0 amide bonds. The Bertz CT molecular complexity index is 293. The van der Waals surface area contributed by atoms with Gasteiger partial charge >= 0.3 is 0 Å². The average molecular weight is 215 g/mol. The van der Waals surface area contributed by atoms with Crippen LogP contribution in [-0.2, 0) is 5.75 Å². The van der Waals surface area contributed by atoms with E-state index in [1.165, 1.54) is 12.1 Å². The summed E-state index contributed by atoms with van der Waals surface area (Å²) < 4.78 is 12.7. The zero-order chi connectivity index (χ0) is 10.4. The summed E-state index contributed by atoms with van der Waals surface area (Å²) in [6.45, 7) is 0.214.